The Bertz CT molecular complexity index is 929. The van der Waals surface area contributed by atoms with E-state index in [1.807, 2.05) is 31.2 Å². The molecule has 0 aliphatic carbocycles. The Balaban J connectivity index is 1.64. The molecule has 0 spiro atoms. The Labute approximate surface area is 151 Å². The van der Waals surface area contributed by atoms with E-state index in [0.717, 1.165) is 5.56 Å². The van der Waals surface area contributed by atoms with Crippen LogP contribution in [0.25, 0.3) is 0 Å². The molecule has 6 nitrogen and oxygen atoms in total. The third-order valence-corrected chi connectivity index (χ3v) is 3.83. The Morgan fingerprint density at radius 3 is 2.31 bits per heavy atom. The van der Waals surface area contributed by atoms with Crippen molar-refractivity contribution in [2.45, 2.75) is 20.4 Å². The molecular formula is C20H19N3O3. The Hall–Kier alpha value is -3.41. The first-order valence-corrected chi connectivity index (χ1v) is 8.20. The molecule has 0 atom stereocenters. The van der Waals surface area contributed by atoms with Crippen LogP contribution in [0.3, 0.4) is 0 Å². The van der Waals surface area contributed by atoms with Crippen molar-refractivity contribution >= 4 is 17.6 Å². The Morgan fingerprint density at radius 2 is 1.65 bits per heavy atom. The topological polar surface area (TPSA) is 84.2 Å². The van der Waals surface area contributed by atoms with Crippen molar-refractivity contribution in [2.75, 3.05) is 5.32 Å². The average molecular weight is 349 g/mol. The van der Waals surface area contributed by atoms with Crippen molar-refractivity contribution in [1.29, 1.82) is 0 Å². The van der Waals surface area contributed by atoms with Gasteiger partial charge in [-0.05, 0) is 37.6 Å². The normalized spacial score (nSPS) is 10.4. The van der Waals surface area contributed by atoms with Gasteiger partial charge in [-0.25, -0.2) is 0 Å². The number of hydrogen-bond acceptors (Lipinski definition) is 4. The lowest BCUT2D eigenvalue weighted by molar-refractivity contribution is 0.0951. The molecule has 1 heterocycles. The summed E-state index contributed by atoms with van der Waals surface area (Å²) in [5.74, 6) is 0.343. The molecule has 2 amide bonds. The molecule has 0 saturated heterocycles. The minimum Gasteiger partial charge on any atom is -0.360 e. The minimum absolute atomic E-state index is 0.238. The summed E-state index contributed by atoms with van der Waals surface area (Å²) < 4.78 is 4.92. The van der Waals surface area contributed by atoms with Crippen LogP contribution in [0.1, 0.15) is 37.6 Å². The summed E-state index contributed by atoms with van der Waals surface area (Å²) in [4.78, 5) is 24.6. The van der Waals surface area contributed by atoms with Crippen LogP contribution >= 0.6 is 0 Å². The summed E-state index contributed by atoms with van der Waals surface area (Å²) in [5, 5.41) is 9.21. The number of nitrogens with zero attached hydrogens (tertiary/aromatic N) is 1. The minimum atomic E-state index is -0.355. The van der Waals surface area contributed by atoms with Gasteiger partial charge in [0.25, 0.3) is 11.8 Å². The van der Waals surface area contributed by atoms with Crippen molar-refractivity contribution in [1.82, 2.24) is 10.5 Å². The van der Waals surface area contributed by atoms with Gasteiger partial charge in [0.1, 0.15) is 5.76 Å². The van der Waals surface area contributed by atoms with Gasteiger partial charge in [-0.3, -0.25) is 9.59 Å². The van der Waals surface area contributed by atoms with E-state index in [1.165, 1.54) is 5.56 Å². The third-order valence-electron chi connectivity index (χ3n) is 3.83. The number of nitrogens with one attached hydrogen (secondary N) is 2. The second-order valence-corrected chi connectivity index (χ2v) is 6.03. The molecule has 0 bridgehead atoms. The second-order valence-electron chi connectivity index (χ2n) is 6.03. The lowest BCUT2D eigenvalue weighted by Gasteiger charge is -2.07. The van der Waals surface area contributed by atoms with Gasteiger partial charge in [0.05, 0.1) is 0 Å². The number of carbonyl (C=O) groups is 2. The molecule has 1 aromatic heterocycles. The number of aryl methyl sites for hydroxylation is 2. The summed E-state index contributed by atoms with van der Waals surface area (Å²) in [6, 6.07) is 16.1. The zero-order valence-electron chi connectivity index (χ0n) is 14.6. The molecule has 0 fully saturated rings. The van der Waals surface area contributed by atoms with Gasteiger partial charge in [-0.1, -0.05) is 41.1 Å². The maximum atomic E-state index is 12.4. The molecule has 6 heteroatoms. The van der Waals surface area contributed by atoms with Gasteiger partial charge in [-0.2, -0.15) is 0 Å². The van der Waals surface area contributed by atoms with Crippen molar-refractivity contribution in [2.24, 2.45) is 0 Å². The Morgan fingerprint density at radius 1 is 0.962 bits per heavy atom. The quantitative estimate of drug-likeness (QED) is 0.739. The summed E-state index contributed by atoms with van der Waals surface area (Å²) in [6.07, 6.45) is 0. The van der Waals surface area contributed by atoms with Crippen LogP contribution in [0.4, 0.5) is 5.82 Å². The monoisotopic (exact) mass is 349 g/mol. The lowest BCUT2D eigenvalue weighted by atomic mass is 10.1. The van der Waals surface area contributed by atoms with Gasteiger partial charge < -0.3 is 15.2 Å². The van der Waals surface area contributed by atoms with Crippen LogP contribution in [0.5, 0.6) is 0 Å². The first-order chi connectivity index (χ1) is 12.5. The van der Waals surface area contributed by atoms with E-state index >= 15 is 0 Å². The Kier molecular flexibility index (Phi) is 5.12. The molecule has 3 rings (SSSR count). The zero-order chi connectivity index (χ0) is 18.5. The van der Waals surface area contributed by atoms with E-state index in [9.17, 15) is 9.59 Å². The van der Waals surface area contributed by atoms with Crippen LogP contribution in [-0.2, 0) is 6.54 Å². The molecular weight excluding hydrogens is 330 g/mol. The van der Waals surface area contributed by atoms with Crippen molar-refractivity contribution < 1.29 is 14.1 Å². The highest BCUT2D eigenvalue weighted by atomic mass is 16.5. The predicted octanol–water partition coefficient (Wildman–Crippen LogP) is 3.47. The SMILES string of the molecule is Cc1ccc(CNC(=O)c2cccc(C(=O)Nc3cc(C)on3)c2)cc1. The number of anilines is 1. The molecule has 0 radical (unpaired) electrons. The molecule has 0 unspecified atom stereocenters. The molecule has 132 valence electrons. The fourth-order valence-electron chi connectivity index (χ4n) is 2.41. The first-order valence-electron chi connectivity index (χ1n) is 8.20. The van der Waals surface area contributed by atoms with Gasteiger partial charge in [0.2, 0.25) is 0 Å². The summed E-state index contributed by atoms with van der Waals surface area (Å²) in [7, 11) is 0. The molecule has 2 N–H and O–H groups in total. The van der Waals surface area contributed by atoms with Gasteiger partial charge in [-0.15, -0.1) is 0 Å². The number of benzene rings is 2. The van der Waals surface area contributed by atoms with Crippen LogP contribution in [0.15, 0.2) is 59.1 Å². The molecule has 0 aliphatic heterocycles. The van der Waals surface area contributed by atoms with Crippen LogP contribution in [-0.4, -0.2) is 17.0 Å². The summed E-state index contributed by atoms with van der Waals surface area (Å²) in [6.45, 7) is 4.18. The standard InChI is InChI=1S/C20H19N3O3/c1-13-6-8-15(9-7-13)12-21-19(24)16-4-3-5-17(11-16)20(25)22-18-10-14(2)26-23-18/h3-11H,12H2,1-2H3,(H,21,24)(H,22,23,25). The first kappa shape index (κ1) is 17.4. The van der Waals surface area contributed by atoms with Gasteiger partial charge >= 0.3 is 0 Å². The highest BCUT2D eigenvalue weighted by Gasteiger charge is 2.12. The van der Waals surface area contributed by atoms with E-state index in [-0.39, 0.29) is 11.8 Å². The second kappa shape index (κ2) is 7.65. The van der Waals surface area contributed by atoms with Crippen molar-refractivity contribution in [3.05, 3.63) is 82.6 Å². The van der Waals surface area contributed by atoms with Crippen LogP contribution in [0, 0.1) is 13.8 Å². The fraction of sp³-hybridized carbons (Fsp3) is 0.150. The predicted molar refractivity (Wildman–Crippen MR) is 98.0 cm³/mol. The fourth-order valence-corrected chi connectivity index (χ4v) is 2.41. The molecule has 0 saturated carbocycles. The van der Waals surface area contributed by atoms with Crippen molar-refractivity contribution in [3.8, 4) is 0 Å². The zero-order valence-corrected chi connectivity index (χ0v) is 14.6. The highest BCUT2D eigenvalue weighted by molar-refractivity contribution is 6.05. The molecule has 3 aromatic rings. The smallest absolute Gasteiger partial charge is 0.256 e. The number of amides is 2. The summed E-state index contributed by atoms with van der Waals surface area (Å²) >= 11 is 0. The molecule has 26 heavy (non-hydrogen) atoms. The number of carbonyl (C=O) groups excluding carboxylic acids is 2. The molecule has 0 aliphatic rings. The van der Waals surface area contributed by atoms with E-state index in [4.69, 9.17) is 4.52 Å². The average Bonchev–Trinajstić information content (AvgIpc) is 3.05. The van der Waals surface area contributed by atoms with Gasteiger partial charge in [0.15, 0.2) is 5.82 Å². The van der Waals surface area contributed by atoms with Crippen molar-refractivity contribution in [3.63, 3.8) is 0 Å². The lowest BCUT2D eigenvalue weighted by Crippen LogP contribution is -2.23. The molecule has 2 aromatic carbocycles. The summed E-state index contributed by atoms with van der Waals surface area (Å²) in [5.41, 5.74) is 2.97. The maximum absolute atomic E-state index is 12.4. The van der Waals surface area contributed by atoms with E-state index in [1.54, 1.807) is 37.3 Å². The largest absolute Gasteiger partial charge is 0.360 e. The third kappa shape index (κ3) is 4.36. The van der Waals surface area contributed by atoms with Crippen LogP contribution in [0.2, 0.25) is 0 Å². The maximum Gasteiger partial charge on any atom is 0.256 e. The van der Waals surface area contributed by atoms with E-state index in [2.05, 4.69) is 15.8 Å². The van der Waals surface area contributed by atoms with Gasteiger partial charge in [0, 0.05) is 23.7 Å². The highest BCUT2D eigenvalue weighted by Crippen LogP contribution is 2.11. The number of aromatic nitrogens is 1. The van der Waals surface area contributed by atoms with E-state index in [0.29, 0.717) is 29.2 Å². The van der Waals surface area contributed by atoms with Crippen LogP contribution < -0.4 is 10.6 Å². The number of hydrogen-bond donors (Lipinski definition) is 2. The number of rotatable bonds is 5. The van der Waals surface area contributed by atoms with E-state index < -0.39 is 0 Å².